The molecule has 0 saturated heterocycles. The number of rotatable bonds is 4. The number of amides is 1. The highest BCUT2D eigenvalue weighted by molar-refractivity contribution is 8.16. The zero-order valence-corrected chi connectivity index (χ0v) is 18.7. The van der Waals surface area contributed by atoms with Crippen LogP contribution in [0.4, 0.5) is 0 Å². The number of carbonyl (C=O) groups excluding carboxylic acids is 1. The number of halogens is 1. The number of sulfone groups is 1. The van der Waals surface area contributed by atoms with Gasteiger partial charge < -0.3 is 8.92 Å². The zero-order valence-electron chi connectivity index (χ0n) is 15.5. The van der Waals surface area contributed by atoms with Gasteiger partial charge >= 0.3 is 10.1 Å². The molecule has 3 rings (SSSR count). The number of hydrogen-bond acceptors (Lipinski definition) is 10. The molecule has 30 heavy (non-hydrogen) atoms. The van der Waals surface area contributed by atoms with Crippen LogP contribution in [0.25, 0.3) is 6.08 Å². The minimum absolute atomic E-state index is 0.0335. The molecule has 0 unspecified atom stereocenters. The molecule has 0 aliphatic carbocycles. The van der Waals surface area contributed by atoms with Crippen LogP contribution in [0.1, 0.15) is 5.56 Å². The van der Waals surface area contributed by atoms with Crippen LogP contribution in [0.2, 0.25) is 5.02 Å². The van der Waals surface area contributed by atoms with Gasteiger partial charge in [0.15, 0.2) is 5.75 Å². The van der Waals surface area contributed by atoms with E-state index in [0.29, 0.717) is 11.9 Å². The van der Waals surface area contributed by atoms with E-state index in [9.17, 15) is 21.6 Å². The van der Waals surface area contributed by atoms with Crippen LogP contribution < -0.4 is 8.92 Å². The Balaban J connectivity index is 2.07. The number of amidine groups is 3. The minimum atomic E-state index is -3.88. The first-order valence-corrected chi connectivity index (χ1v) is 12.6. The highest BCUT2D eigenvalue weighted by Gasteiger charge is 2.41. The van der Waals surface area contributed by atoms with Crippen molar-refractivity contribution in [1.82, 2.24) is 4.90 Å². The Hall–Kier alpha value is -2.42. The van der Waals surface area contributed by atoms with E-state index in [2.05, 4.69) is 9.39 Å². The van der Waals surface area contributed by atoms with Crippen LogP contribution in [0.3, 0.4) is 0 Å². The summed E-state index contributed by atoms with van der Waals surface area (Å²) < 4.78 is 60.4. The average molecular weight is 493 g/mol. The zero-order chi connectivity index (χ0) is 22.4. The summed E-state index contributed by atoms with van der Waals surface area (Å²) in [6.45, 7) is 0. The van der Waals surface area contributed by atoms with Crippen LogP contribution in [0, 0.1) is 5.41 Å². The fourth-order valence-corrected chi connectivity index (χ4v) is 5.08. The maximum atomic E-state index is 12.4. The van der Waals surface area contributed by atoms with Crippen LogP contribution in [-0.2, 0) is 24.7 Å². The third-order valence-electron chi connectivity index (χ3n) is 3.62. The fourth-order valence-electron chi connectivity index (χ4n) is 2.46. The first-order chi connectivity index (χ1) is 13.8. The van der Waals surface area contributed by atoms with Gasteiger partial charge in [0, 0.05) is 6.26 Å². The fraction of sp³-hybridized carbons (Fsp3) is 0.200. The molecular formula is C15H13ClN4O7S3. The Bertz CT molecular complexity index is 1280. The molecule has 160 valence electrons. The van der Waals surface area contributed by atoms with Gasteiger partial charge in [-0.2, -0.15) is 17.8 Å². The van der Waals surface area contributed by atoms with Crippen LogP contribution in [0.5, 0.6) is 11.5 Å². The molecule has 15 heteroatoms. The SMILES string of the molecule is COc1cc(/C=C2/C(=N)N3C(=NC2=O)SN=C3S(C)(=O)=O)cc(Cl)c1OS(C)(=O)=O. The van der Waals surface area contributed by atoms with E-state index in [-0.39, 0.29) is 32.8 Å². The maximum absolute atomic E-state index is 12.4. The lowest BCUT2D eigenvalue weighted by atomic mass is 10.1. The van der Waals surface area contributed by atoms with Crippen LogP contribution in [0.15, 0.2) is 27.1 Å². The molecule has 0 radical (unpaired) electrons. The van der Waals surface area contributed by atoms with Gasteiger partial charge in [-0.1, -0.05) is 11.6 Å². The van der Waals surface area contributed by atoms with Crippen molar-refractivity contribution >= 4 is 71.7 Å². The van der Waals surface area contributed by atoms with E-state index in [0.717, 1.165) is 17.4 Å². The number of methoxy groups -OCH3 is 1. The molecule has 1 aromatic rings. The normalized spacial score (nSPS) is 18.3. The number of carbonyl (C=O) groups is 1. The average Bonchev–Trinajstić information content (AvgIpc) is 3.03. The van der Waals surface area contributed by atoms with E-state index >= 15 is 0 Å². The topological polar surface area (TPSA) is 156 Å². The second kappa shape index (κ2) is 7.68. The van der Waals surface area contributed by atoms with Crippen LogP contribution >= 0.6 is 23.5 Å². The van der Waals surface area contributed by atoms with Crippen molar-refractivity contribution in [2.45, 2.75) is 0 Å². The van der Waals surface area contributed by atoms with E-state index in [1.807, 2.05) is 0 Å². The highest BCUT2D eigenvalue weighted by atomic mass is 35.5. The van der Waals surface area contributed by atoms with Crippen molar-refractivity contribution in [3.05, 3.63) is 28.3 Å². The van der Waals surface area contributed by atoms with Gasteiger partial charge in [0.25, 0.3) is 5.91 Å². The van der Waals surface area contributed by atoms with Crippen molar-refractivity contribution in [1.29, 1.82) is 5.41 Å². The van der Waals surface area contributed by atoms with Crippen molar-refractivity contribution in [2.24, 2.45) is 9.39 Å². The first kappa shape index (κ1) is 22.3. The molecule has 0 bridgehead atoms. The smallest absolute Gasteiger partial charge is 0.306 e. The molecule has 1 amide bonds. The van der Waals surface area contributed by atoms with Crippen molar-refractivity contribution in [2.75, 3.05) is 19.6 Å². The van der Waals surface area contributed by atoms with Gasteiger partial charge in [-0.25, -0.2) is 13.3 Å². The number of ether oxygens (including phenoxy) is 1. The summed E-state index contributed by atoms with van der Waals surface area (Å²) in [5, 5.41) is 7.72. The van der Waals surface area contributed by atoms with Gasteiger partial charge in [0.05, 0.1) is 35.9 Å². The molecule has 1 N–H and O–H groups in total. The molecule has 2 heterocycles. The van der Waals surface area contributed by atoms with Crippen molar-refractivity contribution in [3.63, 3.8) is 0 Å². The van der Waals surface area contributed by atoms with Crippen LogP contribution in [-0.4, -0.2) is 63.4 Å². The third kappa shape index (κ3) is 4.35. The lowest BCUT2D eigenvalue weighted by Crippen LogP contribution is -2.45. The Kier molecular flexibility index (Phi) is 5.70. The quantitative estimate of drug-likeness (QED) is 0.371. The Morgan fingerprint density at radius 3 is 2.47 bits per heavy atom. The standard InChI is InChI=1S/C15H13ClN4O7S3/c1-26-10-6-7(5-9(16)11(10)27-30(3,24)25)4-8-12(17)20-14(18-13(8)21)28-19-15(20)29(2,22)23/h4-6,17H,1-3H3/b8-4-,17-12?. The second-order valence-corrected chi connectivity index (χ2v) is 10.6. The Morgan fingerprint density at radius 2 is 1.90 bits per heavy atom. The first-order valence-electron chi connectivity index (χ1n) is 7.77. The van der Waals surface area contributed by atoms with E-state index in [1.54, 1.807) is 0 Å². The summed E-state index contributed by atoms with van der Waals surface area (Å²) in [4.78, 5) is 17.1. The van der Waals surface area contributed by atoms with E-state index in [1.165, 1.54) is 25.3 Å². The van der Waals surface area contributed by atoms with Gasteiger partial charge in [-0.3, -0.25) is 10.2 Å². The maximum Gasteiger partial charge on any atom is 0.306 e. The number of hydrogen-bond donors (Lipinski definition) is 1. The van der Waals surface area contributed by atoms with Gasteiger partial charge in [-0.05, 0) is 23.8 Å². The van der Waals surface area contributed by atoms with Gasteiger partial charge in [-0.15, -0.1) is 0 Å². The monoisotopic (exact) mass is 492 g/mol. The largest absolute Gasteiger partial charge is 0.493 e. The minimum Gasteiger partial charge on any atom is -0.493 e. The van der Waals surface area contributed by atoms with E-state index < -0.39 is 36.9 Å². The summed E-state index contributed by atoms with van der Waals surface area (Å²) in [6.07, 6.45) is 3.01. The predicted molar refractivity (Wildman–Crippen MR) is 113 cm³/mol. The Labute approximate surface area is 181 Å². The number of nitrogens with zero attached hydrogens (tertiary/aromatic N) is 3. The number of nitrogens with one attached hydrogen (secondary N) is 1. The van der Waals surface area contributed by atoms with Crippen molar-refractivity contribution < 1.29 is 30.6 Å². The summed E-state index contributed by atoms with van der Waals surface area (Å²) in [7, 11) is -6.40. The van der Waals surface area contributed by atoms with Gasteiger partial charge in [0.2, 0.25) is 25.9 Å². The van der Waals surface area contributed by atoms with Gasteiger partial charge in [0.1, 0.15) is 5.84 Å². The molecule has 0 saturated carbocycles. The molecule has 2 aliphatic rings. The predicted octanol–water partition coefficient (Wildman–Crippen LogP) is 1.31. The number of fused-ring (bicyclic) bond motifs is 1. The molecule has 2 aliphatic heterocycles. The van der Waals surface area contributed by atoms with Crippen molar-refractivity contribution in [3.8, 4) is 11.5 Å². The molecule has 0 spiro atoms. The lowest BCUT2D eigenvalue weighted by Gasteiger charge is -2.23. The third-order valence-corrected chi connectivity index (χ3v) is 6.13. The van der Waals surface area contributed by atoms with E-state index in [4.69, 9.17) is 25.9 Å². The summed E-state index contributed by atoms with van der Waals surface area (Å²) >= 11 is 6.78. The number of aliphatic imine (C=N–C) groups is 1. The lowest BCUT2D eigenvalue weighted by molar-refractivity contribution is -0.114. The number of benzene rings is 1. The Morgan fingerprint density at radius 1 is 1.23 bits per heavy atom. The summed E-state index contributed by atoms with van der Waals surface area (Å²) in [5.41, 5.74) is 0.0293. The molecule has 11 nitrogen and oxygen atoms in total. The molecule has 0 fully saturated rings. The second-order valence-electron chi connectivity index (χ2n) is 6.00. The summed E-state index contributed by atoms with van der Waals surface area (Å²) in [5.74, 6) is -1.49. The summed E-state index contributed by atoms with van der Waals surface area (Å²) in [6, 6.07) is 2.63. The molecule has 0 aromatic heterocycles. The molecular weight excluding hydrogens is 480 g/mol. The molecule has 0 atom stereocenters. The highest BCUT2D eigenvalue weighted by Crippen LogP contribution is 2.38. The molecule has 1 aromatic carbocycles.